The van der Waals surface area contributed by atoms with Gasteiger partial charge in [-0.25, -0.2) is 23.1 Å². The zero-order valence-electron chi connectivity index (χ0n) is 23.5. The van der Waals surface area contributed by atoms with Gasteiger partial charge in [-0.3, -0.25) is 0 Å². The number of anilines is 1. The second kappa shape index (κ2) is 13.2. The summed E-state index contributed by atoms with van der Waals surface area (Å²) in [6.45, 7) is 4.19. The summed E-state index contributed by atoms with van der Waals surface area (Å²) in [6.07, 6.45) is 8.65. The molecule has 2 fully saturated rings. The smallest absolute Gasteiger partial charge is 0.233 e. The van der Waals surface area contributed by atoms with E-state index in [4.69, 9.17) is 9.47 Å². The zero-order chi connectivity index (χ0) is 28.8. The molecule has 8 nitrogen and oxygen atoms in total. The van der Waals surface area contributed by atoms with Gasteiger partial charge >= 0.3 is 0 Å². The lowest BCUT2D eigenvalue weighted by molar-refractivity contribution is -0.00175. The maximum Gasteiger partial charge on any atom is 0.233 e. The molecule has 3 aromatic rings. The molecule has 0 bridgehead atoms. The minimum Gasteiger partial charge on any atom is -0.473 e. The number of hydrogen-bond acceptors (Lipinski definition) is 9. The van der Waals surface area contributed by atoms with Crippen LogP contribution in [0.3, 0.4) is 0 Å². The molecule has 0 atom stereocenters. The minimum atomic E-state index is -1.40. The number of halogens is 2. The lowest BCUT2D eigenvalue weighted by Crippen LogP contribution is -2.49. The summed E-state index contributed by atoms with van der Waals surface area (Å²) < 4.78 is 47.0. The number of fused-ring (bicyclic) bond motifs is 1. The molecule has 11 heteroatoms. The molecule has 41 heavy (non-hydrogen) atoms. The van der Waals surface area contributed by atoms with E-state index in [-0.39, 0.29) is 29.5 Å². The van der Waals surface area contributed by atoms with E-state index in [1.54, 1.807) is 18.2 Å². The fourth-order valence-corrected chi connectivity index (χ4v) is 5.91. The maximum atomic E-state index is 15.6. The second-order valence-corrected chi connectivity index (χ2v) is 11.8. The second-order valence-electron chi connectivity index (χ2n) is 10.8. The van der Waals surface area contributed by atoms with Gasteiger partial charge in [0.1, 0.15) is 29.7 Å². The SMILES string of the molecule is CCN(C)SNc1ccc(F)c(Oc2ccc3ncc(OCC4(F)CCN(C5CCCCC5)CC4)nc3c2)c1C#N. The van der Waals surface area contributed by atoms with E-state index in [2.05, 4.69) is 19.6 Å². The van der Waals surface area contributed by atoms with Crippen LogP contribution in [0.1, 0.15) is 57.4 Å². The Labute approximate surface area is 244 Å². The Hall–Kier alpha value is -3.20. The number of nitrogens with one attached hydrogen (secondary N) is 1. The van der Waals surface area contributed by atoms with Crippen LogP contribution in [0.25, 0.3) is 11.0 Å². The summed E-state index contributed by atoms with van der Waals surface area (Å²) in [7, 11) is 1.90. The Bertz CT molecular complexity index is 1390. The van der Waals surface area contributed by atoms with Crippen molar-refractivity contribution in [2.45, 2.75) is 63.6 Å². The molecule has 0 unspecified atom stereocenters. The molecular weight excluding hydrogens is 546 g/mol. The van der Waals surface area contributed by atoms with Crippen LogP contribution >= 0.6 is 12.1 Å². The summed E-state index contributed by atoms with van der Waals surface area (Å²) in [5.74, 6) is -0.344. The van der Waals surface area contributed by atoms with Crippen molar-refractivity contribution in [2.24, 2.45) is 0 Å². The first-order valence-electron chi connectivity index (χ1n) is 14.2. The first kappa shape index (κ1) is 29.3. The van der Waals surface area contributed by atoms with Crippen LogP contribution in [-0.4, -0.2) is 64.2 Å². The topological polar surface area (TPSA) is 86.5 Å². The predicted octanol–water partition coefficient (Wildman–Crippen LogP) is 6.88. The Kier molecular flexibility index (Phi) is 9.42. The molecule has 2 aromatic carbocycles. The molecule has 1 aliphatic heterocycles. The van der Waals surface area contributed by atoms with Gasteiger partial charge in [-0.05, 0) is 57.0 Å². The first-order valence-corrected chi connectivity index (χ1v) is 15.0. The summed E-state index contributed by atoms with van der Waals surface area (Å²) in [6, 6.07) is 10.3. The highest BCUT2D eigenvalue weighted by atomic mass is 32.2. The molecule has 2 heterocycles. The largest absolute Gasteiger partial charge is 0.473 e. The molecule has 1 aromatic heterocycles. The number of ether oxygens (including phenoxy) is 2. The number of nitrogens with zero attached hydrogens (tertiary/aromatic N) is 5. The lowest BCUT2D eigenvalue weighted by Gasteiger charge is -2.41. The average Bonchev–Trinajstić information content (AvgIpc) is 3.00. The number of benzene rings is 2. The number of alkyl halides is 1. The Morgan fingerprint density at radius 1 is 1.17 bits per heavy atom. The van der Waals surface area contributed by atoms with Crippen molar-refractivity contribution in [3.63, 3.8) is 0 Å². The molecule has 0 radical (unpaired) electrons. The molecule has 2 aliphatic rings. The van der Waals surface area contributed by atoms with Crippen molar-refractivity contribution in [3.05, 3.63) is 47.9 Å². The Morgan fingerprint density at radius 2 is 1.95 bits per heavy atom. The summed E-state index contributed by atoms with van der Waals surface area (Å²) in [5.41, 5.74) is 0.119. The maximum absolute atomic E-state index is 15.6. The van der Waals surface area contributed by atoms with Crippen molar-refractivity contribution in [2.75, 3.05) is 38.0 Å². The minimum absolute atomic E-state index is 0.0491. The number of rotatable bonds is 10. The van der Waals surface area contributed by atoms with E-state index in [9.17, 15) is 9.65 Å². The fourth-order valence-electron chi connectivity index (χ4n) is 5.35. The van der Waals surface area contributed by atoms with Crippen LogP contribution in [0.5, 0.6) is 17.4 Å². The van der Waals surface area contributed by atoms with Gasteiger partial charge < -0.3 is 19.1 Å². The van der Waals surface area contributed by atoms with Gasteiger partial charge in [-0.1, -0.05) is 26.2 Å². The molecule has 218 valence electrons. The van der Waals surface area contributed by atoms with E-state index in [1.807, 2.05) is 24.3 Å². The average molecular weight is 583 g/mol. The molecule has 1 aliphatic carbocycles. The van der Waals surface area contributed by atoms with Crippen LogP contribution in [-0.2, 0) is 0 Å². The van der Waals surface area contributed by atoms with Gasteiger partial charge in [0, 0.05) is 43.9 Å². The summed E-state index contributed by atoms with van der Waals surface area (Å²) in [5, 5.41) is 9.77. The zero-order valence-corrected chi connectivity index (χ0v) is 24.4. The van der Waals surface area contributed by atoms with Crippen molar-refractivity contribution in [3.8, 4) is 23.4 Å². The third-order valence-corrected chi connectivity index (χ3v) is 8.83. The van der Waals surface area contributed by atoms with Gasteiger partial charge in [0.05, 0.1) is 22.9 Å². The molecule has 5 rings (SSSR count). The molecule has 1 saturated carbocycles. The monoisotopic (exact) mass is 582 g/mol. The molecule has 0 amide bonds. The number of nitriles is 1. The molecule has 1 saturated heterocycles. The highest BCUT2D eigenvalue weighted by Crippen LogP contribution is 2.36. The lowest BCUT2D eigenvalue weighted by atomic mass is 9.89. The van der Waals surface area contributed by atoms with Gasteiger partial charge in [0.2, 0.25) is 5.88 Å². The number of likely N-dealkylation sites (tertiary alicyclic amines) is 1. The predicted molar refractivity (Wildman–Crippen MR) is 157 cm³/mol. The first-order chi connectivity index (χ1) is 19.9. The Morgan fingerprint density at radius 3 is 2.68 bits per heavy atom. The van der Waals surface area contributed by atoms with Crippen LogP contribution in [0.15, 0.2) is 36.5 Å². The van der Waals surface area contributed by atoms with E-state index in [0.29, 0.717) is 35.6 Å². The van der Waals surface area contributed by atoms with E-state index < -0.39 is 11.5 Å². The standard InChI is InChI=1S/C30H36F2N6O2S/c1-3-37(2)41-36-25-12-10-24(31)29(23(25)18-33)40-22-9-11-26-27(17-22)35-28(19-34-26)39-20-30(32)13-15-38(16-14-30)21-7-5-4-6-8-21/h9-12,17,19,21,36H,3-8,13-16,20H2,1-2H3. The third kappa shape index (κ3) is 7.18. The number of hydrogen-bond donors (Lipinski definition) is 1. The van der Waals surface area contributed by atoms with Crippen molar-refractivity contribution in [1.29, 1.82) is 5.26 Å². The van der Waals surface area contributed by atoms with Crippen molar-refractivity contribution in [1.82, 2.24) is 19.2 Å². The van der Waals surface area contributed by atoms with Crippen molar-refractivity contribution >= 4 is 28.9 Å². The molecule has 0 spiro atoms. The number of piperidine rings is 1. The normalized spacial score (nSPS) is 17.9. The van der Waals surface area contributed by atoms with E-state index >= 15 is 4.39 Å². The van der Waals surface area contributed by atoms with Gasteiger partial charge in [0.25, 0.3) is 0 Å². The number of aromatic nitrogens is 2. The van der Waals surface area contributed by atoms with E-state index in [0.717, 1.165) is 19.6 Å². The summed E-state index contributed by atoms with van der Waals surface area (Å²) in [4.78, 5) is 11.3. The van der Waals surface area contributed by atoms with Crippen molar-refractivity contribution < 1.29 is 18.3 Å². The third-order valence-electron chi connectivity index (χ3n) is 7.95. The van der Waals surface area contributed by atoms with E-state index in [1.165, 1.54) is 62.6 Å². The highest BCUT2D eigenvalue weighted by molar-refractivity contribution is 7.98. The van der Waals surface area contributed by atoms with Crippen LogP contribution in [0.4, 0.5) is 14.5 Å². The summed E-state index contributed by atoms with van der Waals surface area (Å²) >= 11 is 1.30. The fraction of sp³-hybridized carbons (Fsp3) is 0.500. The Balaban J connectivity index is 1.25. The van der Waals surface area contributed by atoms with Crippen LogP contribution < -0.4 is 14.2 Å². The van der Waals surface area contributed by atoms with Gasteiger partial charge in [-0.2, -0.15) is 5.26 Å². The quantitative estimate of drug-likeness (QED) is 0.257. The molecular formula is C30H36F2N6O2S. The van der Waals surface area contributed by atoms with Gasteiger partial charge in [-0.15, -0.1) is 0 Å². The van der Waals surface area contributed by atoms with Crippen LogP contribution in [0, 0.1) is 17.1 Å². The van der Waals surface area contributed by atoms with Crippen LogP contribution in [0.2, 0.25) is 0 Å². The molecule has 1 N–H and O–H groups in total. The van der Waals surface area contributed by atoms with Gasteiger partial charge in [0.15, 0.2) is 11.6 Å². The highest BCUT2D eigenvalue weighted by Gasteiger charge is 2.37.